The van der Waals surface area contributed by atoms with Crippen molar-refractivity contribution in [2.45, 2.75) is 30.3 Å². The van der Waals surface area contributed by atoms with Crippen molar-refractivity contribution < 1.29 is 9.53 Å². The van der Waals surface area contributed by atoms with Gasteiger partial charge in [-0.3, -0.25) is 4.79 Å². The largest absolute Gasteiger partial charge is 0.497 e. The molecule has 0 unspecified atom stereocenters. The fourth-order valence-corrected chi connectivity index (χ4v) is 3.68. The van der Waals surface area contributed by atoms with E-state index < -0.39 is 0 Å². The van der Waals surface area contributed by atoms with Crippen molar-refractivity contribution in [2.24, 2.45) is 0 Å². The topological polar surface area (TPSA) is 64.1 Å². The van der Waals surface area contributed by atoms with Gasteiger partial charge in [-0.2, -0.15) is 0 Å². The Balaban J connectivity index is 1.39. The lowest BCUT2D eigenvalue weighted by Gasteiger charge is -2.09. The molecule has 1 aromatic heterocycles. The Kier molecular flexibility index (Phi) is 5.25. The van der Waals surface area contributed by atoms with Crippen LogP contribution >= 0.6 is 11.8 Å². The second-order valence-electron chi connectivity index (χ2n) is 6.59. The molecule has 0 radical (unpaired) electrons. The van der Waals surface area contributed by atoms with Crippen LogP contribution in [0.3, 0.4) is 0 Å². The Morgan fingerprint density at radius 2 is 1.93 bits per heavy atom. The zero-order chi connectivity index (χ0) is 18.6. The molecule has 2 aromatic carbocycles. The number of para-hydroxylation sites is 1. The number of aromatic nitrogens is 2. The van der Waals surface area contributed by atoms with E-state index in [0.717, 1.165) is 45.9 Å². The van der Waals surface area contributed by atoms with Gasteiger partial charge in [0.15, 0.2) is 0 Å². The zero-order valence-corrected chi connectivity index (χ0v) is 16.0. The van der Waals surface area contributed by atoms with Crippen LogP contribution in [0, 0.1) is 0 Å². The minimum Gasteiger partial charge on any atom is -0.497 e. The van der Waals surface area contributed by atoms with Crippen molar-refractivity contribution in [2.75, 3.05) is 12.9 Å². The van der Waals surface area contributed by atoms with Gasteiger partial charge in [0.2, 0.25) is 5.91 Å². The van der Waals surface area contributed by atoms with Crippen LogP contribution in [-0.4, -0.2) is 28.7 Å². The number of nitrogens with zero attached hydrogens (tertiary/aromatic N) is 2. The number of carbonyl (C=O) groups excluding carboxylic acids is 1. The van der Waals surface area contributed by atoms with E-state index in [2.05, 4.69) is 10.3 Å². The van der Waals surface area contributed by atoms with Gasteiger partial charge in [0, 0.05) is 17.8 Å². The summed E-state index contributed by atoms with van der Waals surface area (Å²) in [5.41, 5.74) is 1.99. The van der Waals surface area contributed by atoms with E-state index in [1.54, 1.807) is 7.11 Å². The fourth-order valence-electron chi connectivity index (χ4n) is 2.83. The molecular formula is C21H21N3O2S. The van der Waals surface area contributed by atoms with Crippen molar-refractivity contribution >= 4 is 28.6 Å². The first-order valence-electron chi connectivity index (χ1n) is 9.02. The summed E-state index contributed by atoms with van der Waals surface area (Å²) in [6, 6.07) is 15.7. The molecular weight excluding hydrogens is 358 g/mol. The van der Waals surface area contributed by atoms with E-state index in [0.29, 0.717) is 18.2 Å². The predicted molar refractivity (Wildman–Crippen MR) is 107 cm³/mol. The highest BCUT2D eigenvalue weighted by Gasteiger charge is 2.27. The molecule has 5 nitrogen and oxygen atoms in total. The molecule has 1 aliphatic rings. The molecule has 0 atom stereocenters. The number of benzene rings is 2. The van der Waals surface area contributed by atoms with Gasteiger partial charge < -0.3 is 10.1 Å². The van der Waals surface area contributed by atoms with Crippen molar-refractivity contribution in [3.05, 3.63) is 59.9 Å². The number of rotatable bonds is 7. The SMILES string of the molecule is COc1ccc(CNC(=O)CSc2nc(C3CC3)nc3ccccc23)cc1. The molecule has 1 fully saturated rings. The first-order chi connectivity index (χ1) is 13.2. The zero-order valence-electron chi connectivity index (χ0n) is 15.1. The molecule has 0 bridgehead atoms. The summed E-state index contributed by atoms with van der Waals surface area (Å²) in [5, 5.41) is 4.86. The van der Waals surface area contributed by atoms with Gasteiger partial charge >= 0.3 is 0 Å². The van der Waals surface area contributed by atoms with E-state index in [-0.39, 0.29) is 5.91 Å². The molecule has 0 spiro atoms. The van der Waals surface area contributed by atoms with Crippen LogP contribution in [0.15, 0.2) is 53.6 Å². The number of amides is 1. The normalized spacial score (nSPS) is 13.5. The van der Waals surface area contributed by atoms with Crippen LogP contribution in [0.1, 0.15) is 30.1 Å². The van der Waals surface area contributed by atoms with Crippen molar-refractivity contribution in [3.8, 4) is 5.75 Å². The van der Waals surface area contributed by atoms with Gasteiger partial charge in [0.1, 0.15) is 16.6 Å². The number of hydrogen-bond acceptors (Lipinski definition) is 5. The van der Waals surface area contributed by atoms with E-state index in [4.69, 9.17) is 9.72 Å². The quantitative estimate of drug-likeness (QED) is 0.498. The Morgan fingerprint density at radius 1 is 1.15 bits per heavy atom. The molecule has 0 saturated heterocycles. The van der Waals surface area contributed by atoms with E-state index in [9.17, 15) is 4.79 Å². The molecule has 1 aliphatic carbocycles. The molecule has 27 heavy (non-hydrogen) atoms. The lowest BCUT2D eigenvalue weighted by molar-refractivity contribution is -0.118. The number of methoxy groups -OCH3 is 1. The van der Waals surface area contributed by atoms with Crippen molar-refractivity contribution in [3.63, 3.8) is 0 Å². The third kappa shape index (κ3) is 4.39. The van der Waals surface area contributed by atoms with Gasteiger partial charge in [-0.05, 0) is 36.6 Å². The van der Waals surface area contributed by atoms with Crippen LogP contribution in [-0.2, 0) is 11.3 Å². The Labute approximate surface area is 162 Å². The van der Waals surface area contributed by atoms with Gasteiger partial charge in [0.25, 0.3) is 0 Å². The van der Waals surface area contributed by atoms with E-state index in [1.165, 1.54) is 11.8 Å². The minimum atomic E-state index is -0.00789. The lowest BCUT2D eigenvalue weighted by Crippen LogP contribution is -2.24. The average molecular weight is 379 g/mol. The van der Waals surface area contributed by atoms with E-state index >= 15 is 0 Å². The van der Waals surface area contributed by atoms with Crippen molar-refractivity contribution in [1.29, 1.82) is 0 Å². The first kappa shape index (κ1) is 17.8. The summed E-state index contributed by atoms with van der Waals surface area (Å²) in [7, 11) is 1.64. The second-order valence-corrected chi connectivity index (χ2v) is 7.56. The summed E-state index contributed by atoms with van der Waals surface area (Å²) in [6.07, 6.45) is 2.32. The van der Waals surface area contributed by atoms with Gasteiger partial charge in [-0.15, -0.1) is 0 Å². The highest BCUT2D eigenvalue weighted by atomic mass is 32.2. The highest BCUT2D eigenvalue weighted by Crippen LogP contribution is 2.39. The molecule has 4 rings (SSSR count). The van der Waals surface area contributed by atoms with Crippen LogP contribution in [0.4, 0.5) is 0 Å². The molecule has 1 saturated carbocycles. The highest BCUT2D eigenvalue weighted by molar-refractivity contribution is 8.00. The monoisotopic (exact) mass is 379 g/mol. The number of thioether (sulfide) groups is 1. The van der Waals surface area contributed by atoms with Gasteiger partial charge in [-0.25, -0.2) is 9.97 Å². The summed E-state index contributed by atoms with van der Waals surface area (Å²) in [4.78, 5) is 21.7. The summed E-state index contributed by atoms with van der Waals surface area (Å²) >= 11 is 1.48. The van der Waals surface area contributed by atoms with Crippen molar-refractivity contribution in [1.82, 2.24) is 15.3 Å². The molecule has 1 N–H and O–H groups in total. The predicted octanol–water partition coefficient (Wildman–Crippen LogP) is 3.92. The molecule has 0 aliphatic heterocycles. The number of fused-ring (bicyclic) bond motifs is 1. The minimum absolute atomic E-state index is 0.00789. The maximum atomic E-state index is 12.3. The second kappa shape index (κ2) is 7.96. The maximum Gasteiger partial charge on any atom is 0.230 e. The van der Waals surface area contributed by atoms with Crippen LogP contribution in [0.5, 0.6) is 5.75 Å². The van der Waals surface area contributed by atoms with Gasteiger partial charge in [0.05, 0.1) is 18.4 Å². The van der Waals surface area contributed by atoms with Crippen LogP contribution in [0.2, 0.25) is 0 Å². The number of ether oxygens (including phenoxy) is 1. The molecule has 1 heterocycles. The first-order valence-corrected chi connectivity index (χ1v) is 10.0. The van der Waals surface area contributed by atoms with Crippen LogP contribution in [0.25, 0.3) is 10.9 Å². The lowest BCUT2D eigenvalue weighted by atomic mass is 10.2. The Hall–Kier alpha value is -2.60. The third-order valence-electron chi connectivity index (χ3n) is 4.52. The standard InChI is InChI=1S/C21H21N3O2S/c1-26-16-10-6-14(7-11-16)12-22-19(25)13-27-21-17-4-2-3-5-18(17)23-20(24-21)15-8-9-15/h2-7,10-11,15H,8-9,12-13H2,1H3,(H,22,25). The molecule has 3 aromatic rings. The summed E-state index contributed by atoms with van der Waals surface area (Å²) in [5.74, 6) is 2.53. The molecule has 1 amide bonds. The molecule has 138 valence electrons. The molecule has 6 heteroatoms. The number of carbonyl (C=O) groups is 1. The maximum absolute atomic E-state index is 12.3. The van der Waals surface area contributed by atoms with Crippen LogP contribution < -0.4 is 10.1 Å². The average Bonchev–Trinajstić information content (AvgIpc) is 3.56. The van der Waals surface area contributed by atoms with Gasteiger partial charge in [-0.1, -0.05) is 42.1 Å². The van der Waals surface area contributed by atoms with E-state index in [1.807, 2.05) is 48.5 Å². The Morgan fingerprint density at radius 3 is 2.67 bits per heavy atom. The Bertz CT molecular complexity index is 955. The number of nitrogens with one attached hydrogen (secondary N) is 1. The smallest absolute Gasteiger partial charge is 0.230 e. The fraction of sp³-hybridized carbons (Fsp3) is 0.286. The summed E-state index contributed by atoms with van der Waals surface area (Å²) < 4.78 is 5.15. The third-order valence-corrected chi connectivity index (χ3v) is 5.51. The summed E-state index contributed by atoms with van der Waals surface area (Å²) in [6.45, 7) is 0.501. The number of hydrogen-bond donors (Lipinski definition) is 1.